The van der Waals surface area contributed by atoms with Crippen molar-refractivity contribution >= 4 is 39.5 Å². The molecule has 39 heavy (non-hydrogen) atoms. The molecule has 2 heterocycles. The van der Waals surface area contributed by atoms with E-state index in [-0.39, 0.29) is 18.5 Å². The Morgan fingerprint density at radius 3 is 2.44 bits per heavy atom. The summed E-state index contributed by atoms with van der Waals surface area (Å²) in [5.74, 6) is -2.22. The van der Waals surface area contributed by atoms with Gasteiger partial charge in [-0.15, -0.1) is 0 Å². The third-order valence-corrected chi connectivity index (χ3v) is 6.33. The van der Waals surface area contributed by atoms with Crippen LogP contribution in [0.4, 0.5) is 0 Å². The van der Waals surface area contributed by atoms with Gasteiger partial charge in [-0.25, -0.2) is 9.97 Å². The molecule has 0 aliphatic carbocycles. The number of carbonyl (C=O) groups excluding carboxylic acids is 3. The number of hydrogen-bond acceptors (Lipinski definition) is 6. The van der Waals surface area contributed by atoms with Crippen LogP contribution < -0.4 is 21.9 Å². The highest BCUT2D eigenvalue weighted by atomic mass is 16.2. The van der Waals surface area contributed by atoms with Gasteiger partial charge in [0.25, 0.3) is 11.5 Å². The number of nitrogens with zero attached hydrogens (tertiary/aromatic N) is 2. The van der Waals surface area contributed by atoms with Crippen LogP contribution in [0.15, 0.2) is 84.0 Å². The number of benzene rings is 3. The lowest BCUT2D eigenvalue weighted by Crippen LogP contribution is -2.54. The van der Waals surface area contributed by atoms with Crippen LogP contribution >= 0.6 is 0 Å². The minimum Gasteiger partial charge on any atom is -0.368 e. The van der Waals surface area contributed by atoms with E-state index >= 15 is 0 Å². The molecule has 0 fully saturated rings. The van der Waals surface area contributed by atoms with Crippen molar-refractivity contribution in [3.8, 4) is 0 Å². The van der Waals surface area contributed by atoms with E-state index in [1.165, 1.54) is 12.5 Å². The Labute approximate surface area is 221 Å². The van der Waals surface area contributed by atoms with Gasteiger partial charge in [0, 0.05) is 24.7 Å². The third kappa shape index (κ3) is 5.82. The van der Waals surface area contributed by atoms with Crippen molar-refractivity contribution in [1.82, 2.24) is 30.6 Å². The van der Waals surface area contributed by atoms with Crippen LogP contribution in [0.5, 0.6) is 0 Å². The van der Waals surface area contributed by atoms with E-state index in [2.05, 4.69) is 30.6 Å². The van der Waals surface area contributed by atoms with Crippen molar-refractivity contribution in [2.24, 2.45) is 5.73 Å². The van der Waals surface area contributed by atoms with E-state index < -0.39 is 35.4 Å². The SMILES string of the molecule is NC(=O)[C@H](Cc1cnc[nH]1)NC(=O)[C@H](Cc1ccc2ccccc2c1)NC(=O)c1nc2ccccc2[nH]c1=O. The number of aromatic amines is 2. The summed E-state index contributed by atoms with van der Waals surface area (Å²) >= 11 is 0. The molecule has 196 valence electrons. The lowest BCUT2D eigenvalue weighted by Gasteiger charge is -2.22. The van der Waals surface area contributed by atoms with Gasteiger partial charge in [-0.1, -0.05) is 54.6 Å². The van der Waals surface area contributed by atoms with Crippen LogP contribution in [0.3, 0.4) is 0 Å². The average Bonchev–Trinajstić information content (AvgIpc) is 3.45. The topological polar surface area (TPSA) is 176 Å². The average molecular weight is 524 g/mol. The van der Waals surface area contributed by atoms with Crippen molar-refractivity contribution in [1.29, 1.82) is 0 Å². The first kappa shape index (κ1) is 25.3. The zero-order valence-electron chi connectivity index (χ0n) is 20.7. The summed E-state index contributed by atoms with van der Waals surface area (Å²) in [6, 6.07) is 18.0. The molecule has 0 radical (unpaired) electrons. The molecule has 0 bridgehead atoms. The van der Waals surface area contributed by atoms with E-state index in [9.17, 15) is 19.2 Å². The molecule has 3 amide bonds. The predicted molar refractivity (Wildman–Crippen MR) is 145 cm³/mol. The number of rotatable bonds is 9. The smallest absolute Gasteiger partial charge is 0.280 e. The molecule has 5 aromatic rings. The molecule has 11 heteroatoms. The first-order chi connectivity index (χ1) is 18.9. The van der Waals surface area contributed by atoms with E-state index in [0.29, 0.717) is 16.7 Å². The molecule has 0 saturated carbocycles. The number of fused-ring (bicyclic) bond motifs is 2. The van der Waals surface area contributed by atoms with Crippen molar-refractivity contribution in [2.75, 3.05) is 0 Å². The Bertz CT molecular complexity index is 1730. The number of primary amides is 1. The number of nitrogens with one attached hydrogen (secondary N) is 4. The Morgan fingerprint density at radius 1 is 0.897 bits per heavy atom. The minimum absolute atomic E-state index is 0.0867. The maximum Gasteiger partial charge on any atom is 0.280 e. The van der Waals surface area contributed by atoms with Gasteiger partial charge in [0.1, 0.15) is 12.1 Å². The van der Waals surface area contributed by atoms with Crippen LogP contribution in [0.25, 0.3) is 21.8 Å². The van der Waals surface area contributed by atoms with Crippen LogP contribution in [-0.4, -0.2) is 49.7 Å². The lowest BCUT2D eigenvalue weighted by molar-refractivity contribution is -0.128. The maximum absolute atomic E-state index is 13.5. The molecule has 0 aliphatic rings. The zero-order chi connectivity index (χ0) is 27.4. The predicted octanol–water partition coefficient (Wildman–Crippen LogP) is 1.35. The van der Waals surface area contributed by atoms with Crippen molar-refractivity contribution in [2.45, 2.75) is 24.9 Å². The van der Waals surface area contributed by atoms with Gasteiger partial charge >= 0.3 is 0 Å². The Balaban J connectivity index is 1.43. The second kappa shape index (κ2) is 11.0. The number of imidazole rings is 1. The zero-order valence-corrected chi connectivity index (χ0v) is 20.7. The number of para-hydroxylation sites is 2. The van der Waals surface area contributed by atoms with Crippen LogP contribution in [0.2, 0.25) is 0 Å². The van der Waals surface area contributed by atoms with E-state index in [0.717, 1.165) is 16.3 Å². The lowest BCUT2D eigenvalue weighted by atomic mass is 10.0. The molecule has 5 rings (SSSR count). The fraction of sp³-hybridized carbons (Fsp3) is 0.143. The Kier molecular flexibility index (Phi) is 7.13. The van der Waals surface area contributed by atoms with Gasteiger partial charge in [-0.05, 0) is 28.5 Å². The van der Waals surface area contributed by atoms with E-state index in [4.69, 9.17) is 5.73 Å². The summed E-state index contributed by atoms with van der Waals surface area (Å²) in [5.41, 5.74) is 6.74. The van der Waals surface area contributed by atoms with Gasteiger partial charge in [0.15, 0.2) is 5.69 Å². The van der Waals surface area contributed by atoms with Gasteiger partial charge < -0.3 is 26.3 Å². The standard InChI is InChI=1S/C28H25N7O4/c29-25(36)22(13-19-14-30-15-31-19)34-26(37)23(12-16-9-10-17-5-1-2-6-18(17)11-16)35-28(39)24-27(38)33-21-8-4-3-7-20(21)32-24/h1-11,14-15,22-23H,12-13H2,(H2,29,36)(H,30,31)(H,33,38)(H,34,37)(H,35,39)/t22-,23-/m0/s1. The molecular formula is C28H25N7O4. The van der Waals surface area contributed by atoms with Crippen molar-refractivity contribution in [3.63, 3.8) is 0 Å². The summed E-state index contributed by atoms with van der Waals surface area (Å²) in [7, 11) is 0. The number of nitrogens with two attached hydrogens (primary N) is 1. The highest BCUT2D eigenvalue weighted by molar-refractivity contribution is 5.98. The van der Waals surface area contributed by atoms with Gasteiger partial charge in [0.05, 0.1) is 17.4 Å². The van der Waals surface area contributed by atoms with Crippen molar-refractivity contribution < 1.29 is 14.4 Å². The number of aromatic nitrogens is 4. The summed E-state index contributed by atoms with van der Waals surface area (Å²) in [6.07, 6.45) is 3.15. The normalized spacial score (nSPS) is 12.6. The van der Waals surface area contributed by atoms with Crippen LogP contribution in [-0.2, 0) is 22.4 Å². The minimum atomic E-state index is -1.14. The molecule has 11 nitrogen and oxygen atoms in total. The van der Waals surface area contributed by atoms with Gasteiger partial charge in [-0.2, -0.15) is 0 Å². The fourth-order valence-electron chi connectivity index (χ4n) is 4.33. The summed E-state index contributed by atoms with van der Waals surface area (Å²) in [4.78, 5) is 65.1. The molecule has 2 aromatic heterocycles. The summed E-state index contributed by atoms with van der Waals surface area (Å²) in [5, 5.41) is 7.24. The molecule has 0 unspecified atom stereocenters. The Morgan fingerprint density at radius 2 is 1.67 bits per heavy atom. The number of H-pyrrole nitrogens is 2. The van der Waals surface area contributed by atoms with E-state index in [1.54, 1.807) is 24.3 Å². The highest BCUT2D eigenvalue weighted by Crippen LogP contribution is 2.17. The molecular weight excluding hydrogens is 498 g/mol. The Hall–Kier alpha value is -5.32. The van der Waals surface area contributed by atoms with Crippen LogP contribution in [0.1, 0.15) is 21.7 Å². The molecule has 0 spiro atoms. The third-order valence-electron chi connectivity index (χ3n) is 6.33. The second-order valence-electron chi connectivity index (χ2n) is 9.09. The summed E-state index contributed by atoms with van der Waals surface area (Å²) < 4.78 is 0. The van der Waals surface area contributed by atoms with E-state index in [1.807, 2.05) is 42.5 Å². The summed E-state index contributed by atoms with van der Waals surface area (Å²) in [6.45, 7) is 0. The largest absolute Gasteiger partial charge is 0.368 e. The maximum atomic E-state index is 13.5. The number of hydrogen-bond donors (Lipinski definition) is 5. The van der Waals surface area contributed by atoms with Gasteiger partial charge in [0.2, 0.25) is 11.8 Å². The van der Waals surface area contributed by atoms with Crippen LogP contribution in [0, 0.1) is 0 Å². The monoisotopic (exact) mass is 523 g/mol. The number of carbonyl (C=O) groups is 3. The molecule has 0 aliphatic heterocycles. The van der Waals surface area contributed by atoms with Gasteiger partial charge in [-0.3, -0.25) is 19.2 Å². The quantitative estimate of drug-likeness (QED) is 0.195. The second-order valence-corrected chi connectivity index (χ2v) is 9.09. The highest BCUT2D eigenvalue weighted by Gasteiger charge is 2.28. The molecule has 3 aromatic carbocycles. The fourth-order valence-corrected chi connectivity index (χ4v) is 4.33. The molecule has 0 saturated heterocycles. The molecule has 2 atom stereocenters. The first-order valence-electron chi connectivity index (χ1n) is 12.2. The first-order valence-corrected chi connectivity index (χ1v) is 12.2. The van der Waals surface area contributed by atoms with Crippen molar-refractivity contribution in [3.05, 3.63) is 107 Å². The number of amides is 3. The molecule has 6 N–H and O–H groups in total.